The summed E-state index contributed by atoms with van der Waals surface area (Å²) in [7, 11) is 1.27. The number of para-hydroxylation sites is 1. The van der Waals surface area contributed by atoms with Gasteiger partial charge < -0.3 is 19.7 Å². The molecule has 1 aromatic rings. The molecular weight excluding hydrogens is 288 g/mol. The minimum atomic E-state index is -0.546. The summed E-state index contributed by atoms with van der Waals surface area (Å²) >= 11 is 0. The molecule has 0 atom stereocenters. The molecule has 0 spiro atoms. The lowest BCUT2D eigenvalue weighted by molar-refractivity contribution is -0.138. The monoisotopic (exact) mass is 306 g/mol. The van der Waals surface area contributed by atoms with Gasteiger partial charge in [0.25, 0.3) is 0 Å². The highest BCUT2D eigenvalue weighted by atomic mass is 16.5. The van der Waals surface area contributed by atoms with Crippen LogP contribution < -0.4 is 5.32 Å². The lowest BCUT2D eigenvalue weighted by Crippen LogP contribution is -2.42. The summed E-state index contributed by atoms with van der Waals surface area (Å²) in [6, 6.07) is 6.49. The van der Waals surface area contributed by atoms with Gasteiger partial charge in [-0.1, -0.05) is 12.1 Å². The molecule has 1 aliphatic heterocycles. The van der Waals surface area contributed by atoms with Crippen LogP contribution in [-0.4, -0.2) is 56.1 Å². The molecule has 0 bridgehead atoms. The van der Waals surface area contributed by atoms with E-state index in [9.17, 15) is 14.4 Å². The fourth-order valence-corrected chi connectivity index (χ4v) is 2.14. The molecule has 1 aliphatic rings. The predicted molar refractivity (Wildman–Crippen MR) is 78.4 cm³/mol. The average Bonchev–Trinajstić information content (AvgIpc) is 2.55. The zero-order chi connectivity index (χ0) is 15.9. The molecule has 1 N–H and O–H groups in total. The van der Waals surface area contributed by atoms with E-state index in [0.717, 1.165) is 0 Å². The number of benzene rings is 1. The molecule has 2 rings (SSSR count). The van der Waals surface area contributed by atoms with Crippen molar-refractivity contribution in [3.8, 4) is 0 Å². The Morgan fingerprint density at radius 3 is 2.59 bits per heavy atom. The number of nitrogens with zero attached hydrogens (tertiary/aromatic N) is 1. The fraction of sp³-hybridized carbons (Fsp3) is 0.400. The van der Waals surface area contributed by atoms with Crippen LogP contribution in [0.1, 0.15) is 16.8 Å². The van der Waals surface area contributed by atoms with Crippen LogP contribution in [0.4, 0.5) is 5.69 Å². The van der Waals surface area contributed by atoms with Crippen molar-refractivity contribution in [1.29, 1.82) is 0 Å². The van der Waals surface area contributed by atoms with Gasteiger partial charge in [-0.3, -0.25) is 9.59 Å². The minimum Gasteiger partial charge on any atom is -0.465 e. The number of carbonyl (C=O) groups is 3. The van der Waals surface area contributed by atoms with Crippen LogP contribution in [0.2, 0.25) is 0 Å². The molecule has 0 saturated carbocycles. The Labute approximate surface area is 128 Å². The first-order valence-electron chi connectivity index (χ1n) is 6.94. The van der Waals surface area contributed by atoms with Gasteiger partial charge in [-0.05, 0) is 12.1 Å². The highest BCUT2D eigenvalue weighted by Gasteiger charge is 2.20. The van der Waals surface area contributed by atoms with Crippen LogP contribution in [-0.2, 0) is 19.1 Å². The van der Waals surface area contributed by atoms with Gasteiger partial charge in [0.05, 0.1) is 31.6 Å². The van der Waals surface area contributed by atoms with E-state index in [1.807, 2.05) is 0 Å². The standard InChI is InChI=1S/C15H18N2O5/c1-21-15(20)11-4-2-3-5-12(11)16-13(18)10-14(19)17-6-8-22-9-7-17/h2-5H,6-10H2,1H3,(H,16,18). The molecular formula is C15H18N2O5. The van der Waals surface area contributed by atoms with E-state index in [4.69, 9.17) is 4.74 Å². The van der Waals surface area contributed by atoms with Crippen LogP contribution in [0, 0.1) is 0 Å². The highest BCUT2D eigenvalue weighted by Crippen LogP contribution is 2.16. The third-order valence-electron chi connectivity index (χ3n) is 3.28. The van der Waals surface area contributed by atoms with Crippen molar-refractivity contribution in [2.45, 2.75) is 6.42 Å². The molecule has 7 heteroatoms. The van der Waals surface area contributed by atoms with E-state index in [1.165, 1.54) is 7.11 Å². The molecule has 22 heavy (non-hydrogen) atoms. The predicted octanol–water partition coefficient (Wildman–Crippen LogP) is 0.661. The van der Waals surface area contributed by atoms with Gasteiger partial charge in [0.15, 0.2) is 0 Å². The first kappa shape index (κ1) is 16.0. The number of rotatable bonds is 4. The third kappa shape index (κ3) is 4.05. The summed E-state index contributed by atoms with van der Waals surface area (Å²) in [6.45, 7) is 1.95. The van der Waals surface area contributed by atoms with Gasteiger partial charge in [-0.15, -0.1) is 0 Å². The molecule has 0 aromatic heterocycles. The second-order valence-electron chi connectivity index (χ2n) is 4.76. The number of amides is 2. The van der Waals surface area contributed by atoms with Gasteiger partial charge in [0, 0.05) is 13.1 Å². The SMILES string of the molecule is COC(=O)c1ccccc1NC(=O)CC(=O)N1CCOCC1. The van der Waals surface area contributed by atoms with E-state index in [-0.39, 0.29) is 17.9 Å². The minimum absolute atomic E-state index is 0.247. The van der Waals surface area contributed by atoms with E-state index < -0.39 is 11.9 Å². The number of nitrogens with one attached hydrogen (secondary N) is 1. The largest absolute Gasteiger partial charge is 0.465 e. The summed E-state index contributed by atoms with van der Waals surface area (Å²) in [4.78, 5) is 37.2. The zero-order valence-corrected chi connectivity index (χ0v) is 12.3. The molecule has 1 aromatic carbocycles. The van der Waals surface area contributed by atoms with E-state index in [2.05, 4.69) is 10.1 Å². The Balaban J connectivity index is 1.97. The van der Waals surface area contributed by atoms with Crippen molar-refractivity contribution >= 4 is 23.5 Å². The molecule has 7 nitrogen and oxygen atoms in total. The second-order valence-corrected chi connectivity index (χ2v) is 4.76. The van der Waals surface area contributed by atoms with Crippen LogP contribution >= 0.6 is 0 Å². The number of carbonyl (C=O) groups excluding carboxylic acids is 3. The van der Waals surface area contributed by atoms with Crippen molar-refractivity contribution in [2.24, 2.45) is 0 Å². The lowest BCUT2D eigenvalue weighted by atomic mass is 10.1. The van der Waals surface area contributed by atoms with Gasteiger partial charge in [0.2, 0.25) is 11.8 Å². The number of morpholine rings is 1. The Morgan fingerprint density at radius 2 is 1.91 bits per heavy atom. The molecule has 2 amide bonds. The maximum Gasteiger partial charge on any atom is 0.339 e. The second kappa shape index (κ2) is 7.56. The van der Waals surface area contributed by atoms with Crippen molar-refractivity contribution in [3.63, 3.8) is 0 Å². The van der Waals surface area contributed by atoms with E-state index >= 15 is 0 Å². The quantitative estimate of drug-likeness (QED) is 0.652. The Hall–Kier alpha value is -2.41. The van der Waals surface area contributed by atoms with Crippen molar-refractivity contribution in [1.82, 2.24) is 4.90 Å². The molecule has 118 valence electrons. The molecule has 1 saturated heterocycles. The van der Waals surface area contributed by atoms with Crippen LogP contribution in [0.25, 0.3) is 0 Å². The van der Waals surface area contributed by atoms with Crippen molar-refractivity contribution in [3.05, 3.63) is 29.8 Å². The fourth-order valence-electron chi connectivity index (χ4n) is 2.14. The maximum absolute atomic E-state index is 12.0. The van der Waals surface area contributed by atoms with Gasteiger partial charge in [-0.25, -0.2) is 4.79 Å². The molecule has 1 fully saturated rings. The van der Waals surface area contributed by atoms with Crippen molar-refractivity contribution in [2.75, 3.05) is 38.7 Å². The molecule has 0 aliphatic carbocycles. The van der Waals surface area contributed by atoms with Crippen molar-refractivity contribution < 1.29 is 23.9 Å². The number of esters is 1. The van der Waals surface area contributed by atoms with Gasteiger partial charge in [0.1, 0.15) is 6.42 Å². The van der Waals surface area contributed by atoms with E-state index in [0.29, 0.717) is 32.0 Å². The summed E-state index contributed by atoms with van der Waals surface area (Å²) in [6.07, 6.45) is -0.268. The summed E-state index contributed by atoms with van der Waals surface area (Å²) in [5.41, 5.74) is 0.575. The zero-order valence-electron chi connectivity index (χ0n) is 12.3. The van der Waals surface area contributed by atoms with Crippen LogP contribution in [0.5, 0.6) is 0 Å². The summed E-state index contributed by atoms with van der Waals surface area (Å²) < 4.78 is 9.81. The summed E-state index contributed by atoms with van der Waals surface area (Å²) in [5, 5.41) is 2.58. The highest BCUT2D eigenvalue weighted by molar-refractivity contribution is 6.06. The number of hydrogen-bond donors (Lipinski definition) is 1. The van der Waals surface area contributed by atoms with Gasteiger partial charge in [-0.2, -0.15) is 0 Å². The summed E-state index contributed by atoms with van der Waals surface area (Å²) in [5.74, 6) is -1.26. The van der Waals surface area contributed by atoms with Crippen LogP contribution in [0.15, 0.2) is 24.3 Å². The lowest BCUT2D eigenvalue weighted by Gasteiger charge is -2.26. The first-order valence-corrected chi connectivity index (χ1v) is 6.94. The van der Waals surface area contributed by atoms with Crippen LogP contribution in [0.3, 0.4) is 0 Å². The number of ether oxygens (including phenoxy) is 2. The average molecular weight is 306 g/mol. The smallest absolute Gasteiger partial charge is 0.339 e. The maximum atomic E-state index is 12.0. The number of methoxy groups -OCH3 is 1. The topological polar surface area (TPSA) is 84.9 Å². The molecule has 0 unspecified atom stereocenters. The van der Waals surface area contributed by atoms with E-state index in [1.54, 1.807) is 29.2 Å². The third-order valence-corrected chi connectivity index (χ3v) is 3.28. The Bertz CT molecular complexity index is 567. The molecule has 1 heterocycles. The molecule has 0 radical (unpaired) electrons. The number of hydrogen-bond acceptors (Lipinski definition) is 5. The normalized spacial score (nSPS) is 14.3. The Morgan fingerprint density at radius 1 is 1.23 bits per heavy atom. The Kier molecular flexibility index (Phi) is 5.48. The number of anilines is 1. The van der Waals surface area contributed by atoms with Gasteiger partial charge >= 0.3 is 5.97 Å². The first-order chi connectivity index (χ1) is 10.6.